The van der Waals surface area contributed by atoms with Crippen LogP contribution < -0.4 is 0 Å². The first-order valence-electron chi connectivity index (χ1n) is 2.54. The summed E-state index contributed by atoms with van der Waals surface area (Å²) in [6.07, 6.45) is 5.08. The third-order valence-corrected chi connectivity index (χ3v) is 1.15. The van der Waals surface area contributed by atoms with E-state index in [2.05, 4.69) is 6.08 Å². The van der Waals surface area contributed by atoms with E-state index in [-0.39, 0.29) is 0 Å². The van der Waals surface area contributed by atoms with Crippen LogP contribution in [-0.4, -0.2) is 5.71 Å². The predicted octanol–water partition coefficient (Wildman–Crippen LogP) is 1.60. The van der Waals surface area contributed by atoms with Crippen molar-refractivity contribution in [2.75, 3.05) is 0 Å². The zero-order chi connectivity index (χ0) is 5.28. The highest BCUT2D eigenvalue weighted by atomic mass is 14.5. The molecule has 0 aromatic rings. The van der Waals surface area contributed by atoms with Crippen molar-refractivity contribution in [3.8, 4) is 0 Å². The SMILES string of the molecule is C/C=C\C1CC1=N. The molecule has 1 aliphatic carbocycles. The van der Waals surface area contributed by atoms with Gasteiger partial charge in [0.2, 0.25) is 0 Å². The first-order valence-corrected chi connectivity index (χ1v) is 2.54. The van der Waals surface area contributed by atoms with Gasteiger partial charge in [-0.15, -0.1) is 0 Å². The number of allylic oxidation sites excluding steroid dienone is 2. The Balaban J connectivity index is 2.34. The first kappa shape index (κ1) is 4.57. The maximum atomic E-state index is 7.02. The van der Waals surface area contributed by atoms with E-state index < -0.39 is 0 Å². The number of hydrogen-bond acceptors (Lipinski definition) is 1. The molecule has 1 unspecified atom stereocenters. The minimum Gasteiger partial charge on any atom is -0.309 e. The van der Waals surface area contributed by atoms with Crippen molar-refractivity contribution >= 4 is 5.71 Å². The molecule has 7 heavy (non-hydrogen) atoms. The van der Waals surface area contributed by atoms with Gasteiger partial charge in [-0.3, -0.25) is 0 Å². The zero-order valence-corrected chi connectivity index (χ0v) is 4.44. The van der Waals surface area contributed by atoms with Crippen molar-refractivity contribution < 1.29 is 0 Å². The van der Waals surface area contributed by atoms with Crippen LogP contribution >= 0.6 is 0 Å². The van der Waals surface area contributed by atoms with Gasteiger partial charge < -0.3 is 5.41 Å². The molecule has 1 nitrogen and oxygen atoms in total. The fraction of sp³-hybridized carbons (Fsp3) is 0.500. The lowest BCUT2D eigenvalue weighted by Crippen LogP contribution is -1.65. The molecule has 1 N–H and O–H groups in total. The summed E-state index contributed by atoms with van der Waals surface area (Å²) in [7, 11) is 0. The average Bonchev–Trinajstić information content (AvgIpc) is 2.22. The smallest absolute Gasteiger partial charge is 0.0198 e. The molecule has 0 amide bonds. The second kappa shape index (κ2) is 1.49. The molecule has 0 heterocycles. The van der Waals surface area contributed by atoms with Crippen LogP contribution in [0.3, 0.4) is 0 Å². The molecular weight excluding hydrogens is 86.1 g/mol. The van der Waals surface area contributed by atoms with Crippen LogP contribution in [0.15, 0.2) is 12.2 Å². The van der Waals surface area contributed by atoms with Crippen LogP contribution in [0.1, 0.15) is 13.3 Å². The van der Waals surface area contributed by atoms with E-state index in [4.69, 9.17) is 5.41 Å². The van der Waals surface area contributed by atoms with Gasteiger partial charge in [-0.2, -0.15) is 0 Å². The second-order valence-electron chi connectivity index (χ2n) is 1.86. The van der Waals surface area contributed by atoms with E-state index in [1.54, 1.807) is 0 Å². The van der Waals surface area contributed by atoms with Crippen LogP contribution in [0.2, 0.25) is 0 Å². The van der Waals surface area contributed by atoms with E-state index in [1.807, 2.05) is 13.0 Å². The normalized spacial score (nSPS) is 29.3. The van der Waals surface area contributed by atoms with Gasteiger partial charge in [0, 0.05) is 11.6 Å². The minimum atomic E-state index is 0.519. The molecule has 1 saturated carbocycles. The molecule has 0 spiro atoms. The molecule has 0 aromatic heterocycles. The molecule has 38 valence electrons. The van der Waals surface area contributed by atoms with Gasteiger partial charge in [-0.25, -0.2) is 0 Å². The van der Waals surface area contributed by atoms with Gasteiger partial charge >= 0.3 is 0 Å². The summed E-state index contributed by atoms with van der Waals surface area (Å²) in [5.74, 6) is 0.519. The van der Waals surface area contributed by atoms with E-state index in [0.29, 0.717) is 5.92 Å². The average molecular weight is 95.1 g/mol. The maximum absolute atomic E-state index is 7.02. The monoisotopic (exact) mass is 95.1 g/mol. The summed E-state index contributed by atoms with van der Waals surface area (Å²) in [6.45, 7) is 1.99. The van der Waals surface area contributed by atoms with Gasteiger partial charge in [0.25, 0.3) is 0 Å². The fourth-order valence-corrected chi connectivity index (χ4v) is 0.595. The van der Waals surface area contributed by atoms with Crippen LogP contribution in [0.5, 0.6) is 0 Å². The summed E-state index contributed by atoms with van der Waals surface area (Å²) in [6, 6.07) is 0. The fourth-order valence-electron chi connectivity index (χ4n) is 0.595. The highest BCUT2D eigenvalue weighted by molar-refractivity contribution is 6.00. The van der Waals surface area contributed by atoms with Gasteiger partial charge in [0.15, 0.2) is 0 Å². The number of nitrogens with one attached hydrogen (secondary N) is 1. The van der Waals surface area contributed by atoms with Crippen molar-refractivity contribution in [1.82, 2.24) is 0 Å². The van der Waals surface area contributed by atoms with Crippen LogP contribution in [-0.2, 0) is 0 Å². The van der Waals surface area contributed by atoms with Crippen LogP contribution in [0.4, 0.5) is 0 Å². The minimum absolute atomic E-state index is 0.519. The molecule has 1 aliphatic rings. The molecule has 0 saturated heterocycles. The third-order valence-electron chi connectivity index (χ3n) is 1.15. The van der Waals surface area contributed by atoms with E-state index in [9.17, 15) is 0 Å². The summed E-state index contributed by atoms with van der Waals surface area (Å²) in [5.41, 5.74) is 0.887. The molecule has 1 atom stereocenters. The molecular formula is C6H9N. The molecule has 0 aromatic carbocycles. The topological polar surface area (TPSA) is 23.9 Å². The molecule has 1 fully saturated rings. The lowest BCUT2D eigenvalue weighted by atomic mass is 10.4. The second-order valence-corrected chi connectivity index (χ2v) is 1.86. The predicted molar refractivity (Wildman–Crippen MR) is 30.6 cm³/mol. The lowest BCUT2D eigenvalue weighted by Gasteiger charge is -1.69. The van der Waals surface area contributed by atoms with Crippen LogP contribution in [0.25, 0.3) is 0 Å². The Morgan fingerprint density at radius 2 is 2.43 bits per heavy atom. The lowest BCUT2D eigenvalue weighted by molar-refractivity contribution is 1.17. The molecule has 1 rings (SSSR count). The summed E-state index contributed by atoms with van der Waals surface area (Å²) >= 11 is 0. The van der Waals surface area contributed by atoms with Gasteiger partial charge in [-0.1, -0.05) is 12.2 Å². The number of rotatable bonds is 1. The van der Waals surface area contributed by atoms with Crippen LogP contribution in [0, 0.1) is 11.3 Å². The number of hydrogen-bond donors (Lipinski definition) is 1. The Bertz CT molecular complexity index is 113. The standard InChI is InChI=1S/C6H9N/c1-2-3-5-4-6(5)7/h2-3,5,7H,4H2,1H3/b3-2-,7-6?. The zero-order valence-electron chi connectivity index (χ0n) is 4.44. The van der Waals surface area contributed by atoms with E-state index in [0.717, 1.165) is 12.1 Å². The van der Waals surface area contributed by atoms with Gasteiger partial charge in [-0.05, 0) is 13.3 Å². The van der Waals surface area contributed by atoms with Crippen molar-refractivity contribution in [1.29, 1.82) is 5.41 Å². The summed E-state index contributed by atoms with van der Waals surface area (Å²) in [5, 5.41) is 7.02. The van der Waals surface area contributed by atoms with E-state index >= 15 is 0 Å². The maximum Gasteiger partial charge on any atom is 0.0198 e. The van der Waals surface area contributed by atoms with Crippen molar-refractivity contribution in [2.24, 2.45) is 5.92 Å². The molecule has 0 radical (unpaired) electrons. The summed E-state index contributed by atoms with van der Waals surface area (Å²) < 4.78 is 0. The third kappa shape index (κ3) is 0.889. The van der Waals surface area contributed by atoms with E-state index in [1.165, 1.54) is 0 Å². The van der Waals surface area contributed by atoms with Gasteiger partial charge in [0.05, 0.1) is 0 Å². The van der Waals surface area contributed by atoms with Crippen molar-refractivity contribution in [3.05, 3.63) is 12.2 Å². The highest BCUT2D eigenvalue weighted by Gasteiger charge is 2.25. The Hall–Kier alpha value is -0.590. The largest absolute Gasteiger partial charge is 0.309 e. The Morgan fingerprint density at radius 1 is 1.86 bits per heavy atom. The van der Waals surface area contributed by atoms with Gasteiger partial charge in [0.1, 0.15) is 0 Å². The Morgan fingerprint density at radius 3 is 2.57 bits per heavy atom. The van der Waals surface area contributed by atoms with Crippen molar-refractivity contribution in [3.63, 3.8) is 0 Å². The Kier molecular flexibility index (Phi) is 0.970. The highest BCUT2D eigenvalue weighted by Crippen LogP contribution is 2.24. The molecule has 0 bridgehead atoms. The molecule has 1 heteroatoms. The Labute approximate surface area is 43.6 Å². The van der Waals surface area contributed by atoms with Crippen molar-refractivity contribution in [2.45, 2.75) is 13.3 Å². The molecule has 0 aliphatic heterocycles. The quantitative estimate of drug-likeness (QED) is 0.478. The summed E-state index contributed by atoms with van der Waals surface area (Å²) in [4.78, 5) is 0. The first-order chi connectivity index (χ1) is 3.34.